The molecule has 0 aromatic heterocycles. The van der Waals surface area contributed by atoms with Gasteiger partial charge in [0.05, 0.1) is 11.1 Å². The minimum Gasteiger partial charge on any atom is -0.457 e. The van der Waals surface area contributed by atoms with E-state index in [0.717, 1.165) is 45.3 Å². The molecular weight excluding hydrogens is 840 g/mol. The molecule has 2 heterocycles. The van der Waals surface area contributed by atoms with Crippen LogP contribution >= 0.6 is 31.9 Å². The van der Waals surface area contributed by atoms with Gasteiger partial charge in [-0.2, -0.15) is 0 Å². The number of sulfonamides is 2. The van der Waals surface area contributed by atoms with Gasteiger partial charge in [0.1, 0.15) is 34.6 Å². The molecule has 0 saturated heterocycles. The SMILES string of the molecule is NS(=O)(=O)c1ccc(C2=C(c3ccc(Br)c(Br)c3)C(=O)OC2)cc1F.NS(=O)(=O)c1ccc(C2=C(c3ccc(F)c(F)c3)C(=O)OC2)cc1F. The number of cyclic esters (lactones) is 2. The Morgan fingerprint density at radius 3 is 1.32 bits per heavy atom. The monoisotopic (exact) mass is 858 g/mol. The summed E-state index contributed by atoms with van der Waals surface area (Å²) in [5.74, 6) is -5.63. The largest absolute Gasteiger partial charge is 0.457 e. The van der Waals surface area contributed by atoms with Crippen LogP contribution in [0.15, 0.2) is 91.5 Å². The van der Waals surface area contributed by atoms with E-state index in [9.17, 15) is 44.0 Å². The maximum atomic E-state index is 14.1. The summed E-state index contributed by atoms with van der Waals surface area (Å²) in [6, 6.07) is 14.7. The van der Waals surface area contributed by atoms with E-state index in [-0.39, 0.29) is 35.5 Å². The highest BCUT2D eigenvalue weighted by Gasteiger charge is 2.30. The van der Waals surface area contributed by atoms with Crippen LogP contribution < -0.4 is 10.3 Å². The van der Waals surface area contributed by atoms with Gasteiger partial charge in [0.2, 0.25) is 20.0 Å². The van der Waals surface area contributed by atoms with Gasteiger partial charge < -0.3 is 9.47 Å². The summed E-state index contributed by atoms with van der Waals surface area (Å²) in [5.41, 5.74) is 2.11. The van der Waals surface area contributed by atoms with E-state index >= 15 is 0 Å². The second-order valence-corrected chi connectivity index (χ2v) is 15.3. The third kappa shape index (κ3) is 7.74. The Kier molecular flexibility index (Phi) is 10.5. The van der Waals surface area contributed by atoms with E-state index in [1.165, 1.54) is 18.2 Å². The van der Waals surface area contributed by atoms with Crippen LogP contribution in [0.1, 0.15) is 22.3 Å². The summed E-state index contributed by atoms with van der Waals surface area (Å²) in [5, 5.41) is 9.86. The normalized spacial score (nSPS) is 14.8. The van der Waals surface area contributed by atoms with Gasteiger partial charge in [-0.3, -0.25) is 0 Å². The predicted octanol–water partition coefficient (Wildman–Crippen LogP) is 5.68. The van der Waals surface area contributed by atoms with Crippen molar-refractivity contribution in [1.29, 1.82) is 0 Å². The molecule has 4 aromatic carbocycles. The smallest absolute Gasteiger partial charge is 0.339 e. The third-order valence-corrected chi connectivity index (χ3v) is 11.1. The van der Waals surface area contributed by atoms with Gasteiger partial charge in [-0.15, -0.1) is 0 Å². The summed E-state index contributed by atoms with van der Waals surface area (Å²) in [4.78, 5) is 22.8. The predicted molar refractivity (Wildman–Crippen MR) is 179 cm³/mol. The fraction of sp³-hybridized carbons (Fsp3) is 0.0625. The molecule has 4 aromatic rings. The molecule has 50 heavy (non-hydrogen) atoms. The topological polar surface area (TPSA) is 173 Å². The van der Waals surface area contributed by atoms with Crippen LogP contribution in [0.25, 0.3) is 22.3 Å². The number of ether oxygens (including phenoxy) is 2. The lowest BCUT2D eigenvalue weighted by Gasteiger charge is -2.08. The Morgan fingerprint density at radius 2 is 0.920 bits per heavy atom. The third-order valence-electron chi connectivity index (χ3n) is 7.30. The van der Waals surface area contributed by atoms with Crippen molar-refractivity contribution in [3.05, 3.63) is 127 Å². The van der Waals surface area contributed by atoms with E-state index < -0.39 is 65.0 Å². The first kappa shape index (κ1) is 37.1. The molecule has 6 rings (SSSR count). The van der Waals surface area contributed by atoms with Gasteiger partial charge in [0.15, 0.2) is 11.6 Å². The lowest BCUT2D eigenvalue weighted by molar-refractivity contribution is -0.134. The molecule has 0 saturated carbocycles. The molecule has 4 N–H and O–H groups in total. The van der Waals surface area contributed by atoms with Crippen molar-refractivity contribution in [1.82, 2.24) is 0 Å². The Morgan fingerprint density at radius 1 is 0.520 bits per heavy atom. The van der Waals surface area contributed by atoms with Gasteiger partial charge in [0.25, 0.3) is 0 Å². The van der Waals surface area contributed by atoms with Crippen LogP contribution in [0, 0.1) is 23.3 Å². The number of esters is 2. The van der Waals surface area contributed by atoms with Crippen molar-refractivity contribution in [2.24, 2.45) is 10.3 Å². The quantitative estimate of drug-likeness (QED) is 0.184. The number of carbonyl (C=O) groups is 2. The summed E-state index contributed by atoms with van der Waals surface area (Å²) < 4.78 is 111. The minimum absolute atomic E-state index is 0.0317. The molecule has 18 heteroatoms. The van der Waals surface area contributed by atoms with Gasteiger partial charge in [-0.05, 0) is 103 Å². The van der Waals surface area contributed by atoms with Crippen LogP contribution in [0.4, 0.5) is 17.6 Å². The first-order valence-electron chi connectivity index (χ1n) is 13.7. The molecule has 0 fully saturated rings. The highest BCUT2D eigenvalue weighted by molar-refractivity contribution is 9.13. The van der Waals surface area contributed by atoms with Gasteiger partial charge in [-0.1, -0.05) is 24.3 Å². The van der Waals surface area contributed by atoms with Crippen LogP contribution in [-0.4, -0.2) is 42.0 Å². The van der Waals surface area contributed by atoms with Crippen LogP contribution in [-0.2, 0) is 39.1 Å². The van der Waals surface area contributed by atoms with Crippen LogP contribution in [0.3, 0.4) is 0 Å². The lowest BCUT2D eigenvalue weighted by Crippen LogP contribution is -2.14. The van der Waals surface area contributed by atoms with Gasteiger partial charge >= 0.3 is 11.9 Å². The number of benzene rings is 4. The van der Waals surface area contributed by atoms with E-state index in [2.05, 4.69) is 31.9 Å². The molecule has 0 radical (unpaired) electrons. The molecule has 10 nitrogen and oxygen atoms in total. The van der Waals surface area contributed by atoms with E-state index in [4.69, 9.17) is 19.8 Å². The molecule has 0 aliphatic carbocycles. The fourth-order valence-electron chi connectivity index (χ4n) is 4.99. The second-order valence-electron chi connectivity index (χ2n) is 10.5. The summed E-state index contributed by atoms with van der Waals surface area (Å²) in [7, 11) is -8.40. The number of hydrogen-bond donors (Lipinski definition) is 2. The van der Waals surface area contributed by atoms with Crippen molar-refractivity contribution in [2.45, 2.75) is 9.79 Å². The lowest BCUT2D eigenvalue weighted by atomic mass is 9.96. The first-order valence-corrected chi connectivity index (χ1v) is 18.4. The maximum Gasteiger partial charge on any atom is 0.339 e. The highest BCUT2D eigenvalue weighted by atomic mass is 79.9. The Hall–Kier alpha value is -4.20. The van der Waals surface area contributed by atoms with Crippen molar-refractivity contribution < 1.29 is 53.5 Å². The number of nitrogens with two attached hydrogens (primary N) is 2. The molecular formula is C32H20Br2F4N2O8S2. The van der Waals surface area contributed by atoms with E-state index in [1.54, 1.807) is 18.2 Å². The average molecular weight is 860 g/mol. The Bertz CT molecular complexity index is 2240. The molecule has 0 unspecified atom stereocenters. The van der Waals surface area contributed by atoms with Crippen molar-refractivity contribution in [3.8, 4) is 0 Å². The summed E-state index contributed by atoms with van der Waals surface area (Å²) in [6.07, 6.45) is 0. The molecule has 2 aliphatic rings. The molecule has 0 atom stereocenters. The zero-order valence-corrected chi connectivity index (χ0v) is 29.7. The zero-order chi connectivity index (χ0) is 36.7. The van der Waals surface area contributed by atoms with E-state index in [1.807, 2.05) is 0 Å². The number of hydrogen-bond acceptors (Lipinski definition) is 8. The molecule has 0 bridgehead atoms. The highest BCUT2D eigenvalue weighted by Crippen LogP contribution is 2.37. The standard InChI is InChI=1S/C16H10Br2FNO4S.C16H10F3NO4S/c17-11-3-1-9(5-12(11)18)15-10(7-24-16(15)21)8-2-4-14(13(19)6-8)25(20,22)23;17-11-3-1-9(6-12(11)18)15-10(7-24-16(15)21)8-2-4-14(13(19)5-8)25(20,22)23/h2*1-6H,7H2,(H2,20,22,23). The number of rotatable bonds is 6. The maximum absolute atomic E-state index is 14.1. The number of primary sulfonamides is 2. The summed E-state index contributed by atoms with van der Waals surface area (Å²) >= 11 is 6.72. The van der Waals surface area contributed by atoms with Crippen molar-refractivity contribution >= 4 is 86.1 Å². The van der Waals surface area contributed by atoms with Gasteiger partial charge in [-0.25, -0.2) is 54.3 Å². The first-order chi connectivity index (χ1) is 23.4. The van der Waals surface area contributed by atoms with Crippen molar-refractivity contribution in [2.75, 3.05) is 13.2 Å². The molecule has 2 aliphatic heterocycles. The Balaban J connectivity index is 0.000000194. The number of halogens is 6. The number of carbonyl (C=O) groups excluding carboxylic acids is 2. The average Bonchev–Trinajstić information content (AvgIpc) is 3.61. The Labute approximate surface area is 298 Å². The zero-order valence-electron chi connectivity index (χ0n) is 24.8. The van der Waals surface area contributed by atoms with Gasteiger partial charge in [0, 0.05) is 20.1 Å². The van der Waals surface area contributed by atoms with Crippen LogP contribution in [0.2, 0.25) is 0 Å². The fourth-order valence-corrected chi connectivity index (χ4v) is 6.79. The molecule has 0 amide bonds. The van der Waals surface area contributed by atoms with E-state index in [0.29, 0.717) is 22.3 Å². The minimum atomic E-state index is -4.24. The summed E-state index contributed by atoms with van der Waals surface area (Å²) in [6.45, 7) is -0.253. The molecule has 260 valence electrons. The van der Waals surface area contributed by atoms with Crippen LogP contribution in [0.5, 0.6) is 0 Å². The second kappa shape index (κ2) is 14.2. The molecule has 0 spiro atoms. The van der Waals surface area contributed by atoms with Crippen molar-refractivity contribution in [3.63, 3.8) is 0 Å².